The maximum atomic E-state index is 15.2. The van der Waals surface area contributed by atoms with Gasteiger partial charge in [-0.3, -0.25) is 67.5 Å². The van der Waals surface area contributed by atoms with Crippen LogP contribution in [0.15, 0.2) is 70.6 Å². The summed E-state index contributed by atoms with van der Waals surface area (Å²) in [5.41, 5.74) is 35.8. The van der Waals surface area contributed by atoms with Crippen molar-refractivity contribution >= 4 is 82.8 Å². The molecule has 0 bridgehead atoms. The third-order valence-corrected chi connectivity index (χ3v) is 18.5. The van der Waals surface area contributed by atoms with Crippen molar-refractivity contribution in [3.8, 4) is 0 Å². The molecule has 0 aliphatic carbocycles. The number of carbonyl (C=O) groups excluding carboxylic acids is 12. The lowest BCUT2D eigenvalue weighted by atomic mass is 9.99. The molecule has 3 aliphatic heterocycles. The summed E-state index contributed by atoms with van der Waals surface area (Å²) in [5.74, 6) is -11.1. The number of amides is 12. The summed E-state index contributed by atoms with van der Waals surface area (Å²) in [6.07, 6.45) is 1.66. The van der Waals surface area contributed by atoms with Crippen LogP contribution in [0.3, 0.4) is 0 Å². The largest absolute Gasteiger partial charge is 0.370 e. The van der Waals surface area contributed by atoms with Crippen LogP contribution < -0.4 is 87.6 Å². The Bertz CT molecular complexity index is 3050. The first-order chi connectivity index (χ1) is 49.4. The molecule has 2 aromatic carbocycles. The van der Waals surface area contributed by atoms with Gasteiger partial charge in [0.2, 0.25) is 70.9 Å². The van der Waals surface area contributed by atoms with Gasteiger partial charge in [0.05, 0.1) is 0 Å². The number of guanidine groups is 2. The maximum absolute atomic E-state index is 15.2. The third-order valence-electron chi connectivity index (χ3n) is 18.5. The molecule has 32 heteroatoms. The standard InChI is InChI=1S/C72H116N20O12/c1-41(2)37-51-63(97)87-53(39-45-21-11-9-12-22-45)69(103)91-35-19-29-55(91)65(99)81-50(28-18-34-80-72(77)78)62(96)90-58(44(7)8)68(102)84-48(26-16-32-74)60(94)86-52(38-42(3)4)64(98)88-54(40-46-23-13-10-14-24-46)70(104)92-36-20-30-56(92)66(100)82-49(27-17-33-79-71(75)76)61(95)89-57(43(5)6)67(101)83-47(25-15-31-73)59(93)85-51/h9-14,21-24,41-44,47-58H,15-20,25-40,73-74H2,1-8H3,(H,81,99)(H,82,100)(H,83,101)(H,84,102)(H,85,93)(H,86,94)(H,87,97)(H,88,98)(H,89,95)(H,90,96)(H4,75,76,79)(H4,77,78,80)/t47-,48-,49+,50+,51-,52-,53+,54+,55-,56-,57-,58-/m0/s1. The fourth-order valence-corrected chi connectivity index (χ4v) is 13.0. The summed E-state index contributed by atoms with van der Waals surface area (Å²) in [5, 5.41) is 28.2. The van der Waals surface area contributed by atoms with Crippen LogP contribution in [0.25, 0.3) is 0 Å². The first kappa shape index (κ1) is 85.2. The average Bonchev–Trinajstić information content (AvgIpc) is 1.57. The number of carbonyl (C=O) groups is 12. The highest BCUT2D eigenvalue weighted by atomic mass is 16.2. The monoisotopic (exact) mass is 1450 g/mol. The zero-order valence-corrected chi connectivity index (χ0v) is 61.7. The molecule has 104 heavy (non-hydrogen) atoms. The lowest BCUT2D eigenvalue weighted by Gasteiger charge is -2.32. The van der Waals surface area contributed by atoms with Crippen LogP contribution >= 0.6 is 0 Å². The Labute approximate surface area is 610 Å². The summed E-state index contributed by atoms with van der Waals surface area (Å²) in [7, 11) is 0. The maximum Gasteiger partial charge on any atom is 0.246 e. The fourth-order valence-electron chi connectivity index (χ4n) is 13.0. The van der Waals surface area contributed by atoms with Gasteiger partial charge in [0, 0.05) is 39.0 Å². The van der Waals surface area contributed by atoms with Crippen LogP contribution in [-0.4, -0.2) is 204 Å². The molecule has 22 N–H and O–H groups in total. The van der Waals surface area contributed by atoms with Crippen LogP contribution in [0.2, 0.25) is 0 Å². The number of hydrogen-bond donors (Lipinski definition) is 16. The molecule has 3 fully saturated rings. The van der Waals surface area contributed by atoms with Crippen molar-refractivity contribution in [3.63, 3.8) is 0 Å². The van der Waals surface area contributed by atoms with Gasteiger partial charge in [0.1, 0.15) is 72.5 Å². The molecule has 0 radical (unpaired) electrons. The Morgan fingerprint density at radius 3 is 0.981 bits per heavy atom. The highest BCUT2D eigenvalue weighted by Gasteiger charge is 2.44. The van der Waals surface area contributed by atoms with Crippen LogP contribution in [0.5, 0.6) is 0 Å². The van der Waals surface area contributed by atoms with E-state index in [4.69, 9.17) is 34.4 Å². The Morgan fingerprint density at radius 2 is 0.673 bits per heavy atom. The SMILES string of the molecule is CC(C)C[C@@H]1NC(=O)[C@H](CCCN)NC(=O)[C@H](C(C)C)NC(=O)[C@@H](CCCN=C(N)N)NC(=O)[C@@H]2CCCN2C(=O)[C@@H](Cc2ccccc2)NC(=O)[C@H](CC(C)C)NC(=O)[C@H](CCCN)NC(=O)[C@H](C(C)C)NC(=O)[C@@H](CCCN=C(N)N)NC(=O)[C@@H]2CCCN2C(=O)[C@@H](Cc2ccccc2)NC1=O. The highest BCUT2D eigenvalue weighted by Crippen LogP contribution is 2.24. The van der Waals surface area contributed by atoms with Crippen LogP contribution in [0, 0.1) is 23.7 Å². The summed E-state index contributed by atoms with van der Waals surface area (Å²) in [6, 6.07) is 2.10. The fraction of sp³-hybridized carbons (Fsp3) is 0.639. The van der Waals surface area contributed by atoms with Crippen molar-refractivity contribution < 1.29 is 57.5 Å². The van der Waals surface area contributed by atoms with Crippen LogP contribution in [-0.2, 0) is 70.4 Å². The molecule has 0 aromatic heterocycles. The van der Waals surface area contributed by atoms with E-state index in [1.807, 2.05) is 27.7 Å². The van der Waals surface area contributed by atoms with E-state index in [2.05, 4.69) is 63.2 Å². The predicted molar refractivity (Wildman–Crippen MR) is 394 cm³/mol. The summed E-state index contributed by atoms with van der Waals surface area (Å²) in [6.45, 7) is 14.4. The Balaban J connectivity index is 1.64. The van der Waals surface area contributed by atoms with Crippen molar-refractivity contribution in [2.24, 2.45) is 68.1 Å². The lowest BCUT2D eigenvalue weighted by Crippen LogP contribution is -2.62. The van der Waals surface area contributed by atoms with Gasteiger partial charge < -0.3 is 97.4 Å². The molecule has 0 unspecified atom stereocenters. The molecule has 2 aromatic rings. The molecule has 0 spiro atoms. The van der Waals surface area contributed by atoms with E-state index < -0.39 is 155 Å². The Morgan fingerprint density at radius 1 is 0.385 bits per heavy atom. The second kappa shape index (κ2) is 43.0. The first-order valence-corrected chi connectivity index (χ1v) is 36.7. The van der Waals surface area contributed by atoms with Gasteiger partial charge in [-0.2, -0.15) is 0 Å². The second-order valence-corrected chi connectivity index (χ2v) is 28.7. The molecule has 32 nitrogen and oxygen atoms in total. The number of benzene rings is 2. The molecule has 3 saturated heterocycles. The Hall–Kier alpha value is -9.46. The van der Waals surface area contributed by atoms with Crippen molar-refractivity contribution in [1.29, 1.82) is 0 Å². The van der Waals surface area contributed by atoms with Crippen LogP contribution in [0.4, 0.5) is 0 Å². The molecule has 3 heterocycles. The molecular formula is C72H116N20O12. The molecule has 3 aliphatic rings. The number of nitrogens with zero attached hydrogens (tertiary/aromatic N) is 4. The molecule has 5 rings (SSSR count). The number of hydrogen-bond acceptors (Lipinski definition) is 16. The third kappa shape index (κ3) is 27.3. The number of nitrogens with two attached hydrogens (primary N) is 6. The normalized spacial score (nSPS) is 25.3. The van der Waals surface area contributed by atoms with Gasteiger partial charge in [0.25, 0.3) is 0 Å². The second-order valence-electron chi connectivity index (χ2n) is 28.7. The van der Waals surface area contributed by atoms with Crippen molar-refractivity contribution in [3.05, 3.63) is 71.8 Å². The minimum absolute atomic E-state index is 0.0100. The van der Waals surface area contributed by atoms with Gasteiger partial charge in [0.15, 0.2) is 11.9 Å². The van der Waals surface area contributed by atoms with E-state index >= 15 is 9.59 Å². The first-order valence-electron chi connectivity index (χ1n) is 36.7. The van der Waals surface area contributed by atoms with Gasteiger partial charge in [-0.1, -0.05) is 116 Å². The molecule has 12 amide bonds. The van der Waals surface area contributed by atoms with E-state index in [1.165, 1.54) is 9.80 Å². The van der Waals surface area contributed by atoms with E-state index in [1.54, 1.807) is 88.4 Å². The summed E-state index contributed by atoms with van der Waals surface area (Å²) >= 11 is 0. The summed E-state index contributed by atoms with van der Waals surface area (Å²) < 4.78 is 0. The van der Waals surface area contributed by atoms with E-state index in [9.17, 15) is 47.9 Å². The van der Waals surface area contributed by atoms with Gasteiger partial charge in [-0.15, -0.1) is 0 Å². The smallest absolute Gasteiger partial charge is 0.246 e. The predicted octanol–water partition coefficient (Wildman–Crippen LogP) is -1.70. The molecular weight excluding hydrogens is 1340 g/mol. The van der Waals surface area contributed by atoms with Gasteiger partial charge >= 0.3 is 0 Å². The van der Waals surface area contributed by atoms with E-state index in [0.29, 0.717) is 24.0 Å². The minimum atomic E-state index is -1.35. The van der Waals surface area contributed by atoms with Gasteiger partial charge in [-0.05, 0) is 138 Å². The van der Waals surface area contributed by atoms with Crippen LogP contribution in [0.1, 0.15) is 156 Å². The zero-order valence-electron chi connectivity index (χ0n) is 61.7. The van der Waals surface area contributed by atoms with Gasteiger partial charge in [-0.25, -0.2) is 0 Å². The number of fused-ring (bicyclic) bond motifs is 2. The quantitative estimate of drug-likeness (QED) is 0.0317. The topological polar surface area (TPSA) is 512 Å². The number of nitrogens with one attached hydrogen (secondary N) is 10. The van der Waals surface area contributed by atoms with Crippen molar-refractivity contribution in [2.75, 3.05) is 39.3 Å². The lowest BCUT2D eigenvalue weighted by molar-refractivity contribution is -0.143. The zero-order chi connectivity index (χ0) is 76.7. The van der Waals surface area contributed by atoms with Crippen molar-refractivity contribution in [1.82, 2.24) is 63.0 Å². The van der Waals surface area contributed by atoms with Crippen molar-refractivity contribution in [2.45, 2.75) is 231 Å². The minimum Gasteiger partial charge on any atom is -0.370 e. The average molecular weight is 1450 g/mol. The Kier molecular flexibility index (Phi) is 35.2. The van der Waals surface area contributed by atoms with E-state index in [-0.39, 0.29) is 153 Å². The highest BCUT2D eigenvalue weighted by molar-refractivity contribution is 6.01. The number of aliphatic imine (C=N–C) groups is 2. The number of rotatable bonds is 24. The van der Waals surface area contributed by atoms with E-state index in [0.717, 1.165) is 0 Å². The summed E-state index contributed by atoms with van der Waals surface area (Å²) in [4.78, 5) is 189. The molecule has 0 saturated carbocycles. The molecule has 12 atom stereocenters. The molecule has 576 valence electrons.